The Morgan fingerprint density at radius 3 is 1.20 bits per heavy atom. The van der Waals surface area contributed by atoms with E-state index in [1.165, 1.54) is 24.3 Å². The van der Waals surface area contributed by atoms with Crippen molar-refractivity contribution in [2.45, 2.75) is 71.5 Å². The van der Waals surface area contributed by atoms with Crippen molar-refractivity contribution in [1.29, 1.82) is 0 Å². The number of rotatable bonds is 19. The Kier molecular flexibility index (Phi) is 12.7. The van der Waals surface area contributed by atoms with Gasteiger partial charge in [-0.2, -0.15) is 0 Å². The van der Waals surface area contributed by atoms with E-state index in [2.05, 4.69) is 20.4 Å². The maximum atomic E-state index is 11.8. The highest BCUT2D eigenvalue weighted by Crippen LogP contribution is 2.39. The van der Waals surface area contributed by atoms with Gasteiger partial charge in [0.1, 0.15) is 11.6 Å². The van der Waals surface area contributed by atoms with E-state index in [9.17, 15) is 40.5 Å². The molecule has 0 aliphatic carbocycles. The molecule has 0 saturated heterocycles. The first-order valence-corrected chi connectivity index (χ1v) is 18.9. The van der Waals surface area contributed by atoms with Gasteiger partial charge in [-0.3, -0.25) is 49.6 Å². The molecule has 0 aliphatic heterocycles. The van der Waals surface area contributed by atoms with Crippen molar-refractivity contribution in [3.05, 3.63) is 149 Å². The van der Waals surface area contributed by atoms with Gasteiger partial charge in [0.05, 0.1) is 41.6 Å². The molecule has 2 heterocycles. The highest BCUT2D eigenvalue weighted by molar-refractivity contribution is 7.99. The zero-order valence-electron chi connectivity index (χ0n) is 29.4. The molecule has 6 aromatic rings. The van der Waals surface area contributed by atoms with E-state index in [0.717, 1.165) is 85.6 Å². The fourth-order valence-electron chi connectivity index (χ4n) is 5.90. The number of nitrogens with zero attached hydrogens (tertiary/aromatic N) is 10. The van der Waals surface area contributed by atoms with E-state index < -0.39 is 19.7 Å². The summed E-state index contributed by atoms with van der Waals surface area (Å²) in [5.74, 6) is 1.38. The second kappa shape index (κ2) is 18.2. The zero-order valence-corrected chi connectivity index (χ0v) is 31.1. The molecule has 56 heavy (non-hydrogen) atoms. The van der Waals surface area contributed by atoms with Crippen LogP contribution in [-0.2, 0) is 12.8 Å². The quantitative estimate of drug-likeness (QED) is 0.0423. The fourth-order valence-corrected chi connectivity index (χ4v) is 7.81. The van der Waals surface area contributed by atoms with Gasteiger partial charge in [-0.1, -0.05) is 62.1 Å². The van der Waals surface area contributed by atoms with Crippen LogP contribution in [0.15, 0.2) is 117 Å². The van der Waals surface area contributed by atoms with Crippen molar-refractivity contribution in [3.8, 4) is 11.4 Å². The summed E-state index contributed by atoms with van der Waals surface area (Å²) in [5.41, 5.74) is 0.0534. The molecular formula is C36H32N10O8S2. The maximum Gasteiger partial charge on any atom is 0.290 e. The Bertz CT molecular complexity index is 2210. The third-order valence-electron chi connectivity index (χ3n) is 8.58. The topological polar surface area (TPSA) is 234 Å². The number of nitro benzene ring substituents is 4. The van der Waals surface area contributed by atoms with E-state index in [4.69, 9.17) is 0 Å². The number of aryl methyl sites for hydroxylation is 2. The van der Waals surface area contributed by atoms with Crippen LogP contribution in [0, 0.1) is 40.5 Å². The molecule has 0 amide bonds. The fraction of sp³-hybridized carbons (Fsp3) is 0.222. The van der Waals surface area contributed by atoms with Gasteiger partial charge in [-0.15, -0.1) is 20.4 Å². The van der Waals surface area contributed by atoms with E-state index in [1.807, 2.05) is 69.8 Å². The largest absolute Gasteiger partial charge is 0.290 e. The van der Waals surface area contributed by atoms with Crippen molar-refractivity contribution >= 4 is 46.3 Å². The van der Waals surface area contributed by atoms with Crippen molar-refractivity contribution in [2.75, 3.05) is 0 Å². The minimum absolute atomic E-state index is 0.210. The summed E-state index contributed by atoms with van der Waals surface area (Å²) < 4.78 is 3.70. The predicted octanol–water partition coefficient (Wildman–Crippen LogP) is 8.91. The summed E-state index contributed by atoms with van der Waals surface area (Å²) in [6, 6.07) is 25.8. The first-order chi connectivity index (χ1) is 27.1. The first-order valence-electron chi connectivity index (χ1n) is 17.3. The normalized spacial score (nSPS) is 11.1. The highest BCUT2D eigenvalue weighted by Gasteiger charge is 2.25. The zero-order chi connectivity index (χ0) is 39.6. The number of aromatic nitrogens is 6. The lowest BCUT2D eigenvalue weighted by atomic mass is 10.1. The SMILES string of the molecule is O=[N+]([O-])c1ccc(Sc2nnc(CCCCCCCCc3nnc(Sc4ccc([N+](=O)[O-])cc4[N+](=O)[O-])n3-c3ccccc3)n2-c2ccccc2)c([N+](=O)[O-])c1. The Balaban J connectivity index is 1.06. The van der Waals surface area contributed by atoms with Gasteiger partial charge in [-0.25, -0.2) is 0 Å². The molecule has 0 radical (unpaired) electrons. The van der Waals surface area contributed by atoms with Gasteiger partial charge in [0.2, 0.25) is 10.3 Å². The number of hydrogen-bond acceptors (Lipinski definition) is 14. The van der Waals surface area contributed by atoms with E-state index in [0.29, 0.717) is 34.8 Å². The second-order valence-electron chi connectivity index (χ2n) is 12.3. The van der Waals surface area contributed by atoms with Crippen LogP contribution in [0.2, 0.25) is 0 Å². The van der Waals surface area contributed by atoms with Crippen LogP contribution >= 0.6 is 23.5 Å². The number of unbranched alkanes of at least 4 members (excludes halogenated alkanes) is 5. The smallest absolute Gasteiger partial charge is 0.274 e. The molecule has 2 aromatic heterocycles. The van der Waals surface area contributed by atoms with Gasteiger partial charge in [-0.05, 0) is 72.8 Å². The summed E-state index contributed by atoms with van der Waals surface area (Å²) in [4.78, 5) is 43.7. The number of non-ortho nitro benzene ring substituents is 2. The number of benzene rings is 4. The lowest BCUT2D eigenvalue weighted by molar-refractivity contribution is -0.396. The van der Waals surface area contributed by atoms with Gasteiger partial charge in [0.15, 0.2) is 0 Å². The van der Waals surface area contributed by atoms with Crippen LogP contribution in [-0.4, -0.2) is 49.2 Å². The molecule has 0 spiro atoms. The molecular weight excluding hydrogens is 765 g/mol. The van der Waals surface area contributed by atoms with Crippen molar-refractivity contribution in [2.24, 2.45) is 0 Å². The standard InChI is InChI=1S/C36H32N10O8S2/c47-43(48)27-19-21-31(29(23-27)45(51)52)55-35-39-37-33(41(35)25-13-7-5-8-14-25)17-11-3-1-2-4-12-18-34-38-40-36(42(34)26-15-9-6-10-16-26)56-32-22-20-28(44(49)50)24-30(32)46(53)54/h5-10,13-16,19-24H,1-4,11-12,17-18H2. The minimum atomic E-state index is -0.675. The number of para-hydroxylation sites is 2. The maximum absolute atomic E-state index is 11.8. The van der Waals surface area contributed by atoms with Crippen molar-refractivity contribution in [3.63, 3.8) is 0 Å². The van der Waals surface area contributed by atoms with E-state index >= 15 is 0 Å². The van der Waals surface area contributed by atoms with E-state index in [1.54, 1.807) is 0 Å². The molecule has 0 bridgehead atoms. The van der Waals surface area contributed by atoms with Crippen molar-refractivity contribution < 1.29 is 19.7 Å². The molecule has 0 atom stereocenters. The Morgan fingerprint density at radius 1 is 0.464 bits per heavy atom. The molecule has 4 aromatic carbocycles. The van der Waals surface area contributed by atoms with Gasteiger partial charge >= 0.3 is 0 Å². The summed E-state index contributed by atoms with van der Waals surface area (Å²) in [6.45, 7) is 0. The van der Waals surface area contributed by atoms with Gasteiger partial charge < -0.3 is 0 Å². The van der Waals surface area contributed by atoms with Crippen LogP contribution in [0.1, 0.15) is 50.2 Å². The summed E-state index contributed by atoms with van der Waals surface area (Å²) in [6.07, 6.45) is 6.64. The van der Waals surface area contributed by atoms with Crippen LogP contribution in [0.5, 0.6) is 0 Å². The molecule has 18 nitrogen and oxygen atoms in total. The average Bonchev–Trinajstić information content (AvgIpc) is 3.79. The molecule has 0 N–H and O–H groups in total. The Morgan fingerprint density at radius 2 is 0.839 bits per heavy atom. The molecule has 20 heteroatoms. The Hall–Kier alpha value is -6.54. The molecule has 0 unspecified atom stereocenters. The third kappa shape index (κ3) is 9.39. The lowest BCUT2D eigenvalue weighted by Crippen LogP contribution is -2.04. The molecule has 0 aliphatic rings. The second-order valence-corrected chi connectivity index (χ2v) is 14.3. The molecule has 286 valence electrons. The van der Waals surface area contributed by atoms with Crippen LogP contribution in [0.3, 0.4) is 0 Å². The molecule has 0 fully saturated rings. The highest BCUT2D eigenvalue weighted by atomic mass is 32.2. The predicted molar refractivity (Wildman–Crippen MR) is 206 cm³/mol. The third-order valence-corrected chi connectivity index (χ3v) is 10.6. The van der Waals surface area contributed by atoms with Crippen LogP contribution in [0.4, 0.5) is 22.7 Å². The summed E-state index contributed by atoms with van der Waals surface area (Å²) in [5, 5.41) is 64.3. The average molecular weight is 797 g/mol. The Labute approximate surface area is 326 Å². The van der Waals surface area contributed by atoms with E-state index in [-0.39, 0.29) is 32.5 Å². The first kappa shape index (κ1) is 39.2. The number of nitro groups is 4. The molecule has 6 rings (SSSR count). The summed E-state index contributed by atoms with van der Waals surface area (Å²) >= 11 is 2.05. The van der Waals surface area contributed by atoms with Crippen molar-refractivity contribution in [1.82, 2.24) is 29.5 Å². The van der Waals surface area contributed by atoms with Gasteiger partial charge in [0, 0.05) is 36.3 Å². The van der Waals surface area contributed by atoms with Gasteiger partial charge in [0.25, 0.3) is 22.7 Å². The lowest BCUT2D eigenvalue weighted by Gasteiger charge is -2.11. The summed E-state index contributed by atoms with van der Waals surface area (Å²) in [7, 11) is 0. The van der Waals surface area contributed by atoms with Crippen LogP contribution < -0.4 is 0 Å². The molecule has 0 saturated carbocycles. The monoisotopic (exact) mass is 796 g/mol. The minimum Gasteiger partial charge on any atom is -0.274 e. The number of hydrogen-bond donors (Lipinski definition) is 0. The van der Waals surface area contributed by atoms with Crippen LogP contribution in [0.25, 0.3) is 11.4 Å².